The van der Waals surface area contributed by atoms with Crippen molar-refractivity contribution in [1.29, 1.82) is 0 Å². The Balaban J connectivity index is 2.66. The third-order valence-corrected chi connectivity index (χ3v) is 3.55. The molecule has 2 aromatic rings. The molecule has 112 valence electrons. The average molecular weight is 320 g/mol. The molecule has 0 saturated carbocycles. The number of alkyl halides is 3. The second-order valence-electron chi connectivity index (χ2n) is 3.95. The molecule has 0 heterocycles. The van der Waals surface area contributed by atoms with Gasteiger partial charge in [0.05, 0.1) is 0 Å². The predicted molar refractivity (Wildman–Crippen MR) is 66.5 cm³/mol. The molecule has 0 fully saturated rings. The second-order valence-corrected chi connectivity index (χ2v) is 5.49. The number of rotatable bonds is 3. The minimum Gasteiger partial charge on any atom is -0.478 e. The van der Waals surface area contributed by atoms with Crippen LogP contribution in [0.2, 0.25) is 0 Å². The van der Waals surface area contributed by atoms with Crippen molar-refractivity contribution in [2.24, 2.45) is 0 Å². The van der Waals surface area contributed by atoms with E-state index in [1.165, 1.54) is 24.3 Å². The molecule has 0 radical (unpaired) electrons. The fourth-order valence-electron chi connectivity index (χ4n) is 1.71. The van der Waals surface area contributed by atoms with Crippen LogP contribution in [0.25, 0.3) is 10.8 Å². The lowest BCUT2D eigenvalue weighted by atomic mass is 10.0. The maximum atomic E-state index is 12.3. The SMILES string of the molecule is O=C(O)c1c(OS(=O)(=O)C(F)(F)F)ccc2ccccc12. The average Bonchev–Trinajstić information content (AvgIpc) is 2.36. The highest BCUT2D eigenvalue weighted by Crippen LogP contribution is 2.32. The summed E-state index contributed by atoms with van der Waals surface area (Å²) < 4.78 is 62.8. The molecule has 2 rings (SSSR count). The monoisotopic (exact) mass is 320 g/mol. The Labute approximate surface area is 116 Å². The Hall–Kier alpha value is -2.29. The number of fused-ring (bicyclic) bond motifs is 1. The number of carbonyl (C=O) groups is 1. The van der Waals surface area contributed by atoms with E-state index in [4.69, 9.17) is 5.11 Å². The Morgan fingerprint density at radius 3 is 2.29 bits per heavy atom. The summed E-state index contributed by atoms with van der Waals surface area (Å²) in [6.07, 6.45) is 0. The zero-order valence-electron chi connectivity index (χ0n) is 10.1. The molecule has 0 saturated heterocycles. The van der Waals surface area contributed by atoms with Crippen LogP contribution in [0.3, 0.4) is 0 Å². The lowest BCUT2D eigenvalue weighted by molar-refractivity contribution is -0.0500. The van der Waals surface area contributed by atoms with E-state index in [2.05, 4.69) is 4.18 Å². The molecular formula is C12H7F3O5S. The van der Waals surface area contributed by atoms with Gasteiger partial charge in [0.2, 0.25) is 0 Å². The fraction of sp³-hybridized carbons (Fsp3) is 0.0833. The van der Waals surface area contributed by atoms with Crippen molar-refractivity contribution in [3.63, 3.8) is 0 Å². The van der Waals surface area contributed by atoms with Crippen LogP contribution in [-0.4, -0.2) is 25.0 Å². The number of carboxylic acids is 1. The Morgan fingerprint density at radius 2 is 1.71 bits per heavy atom. The van der Waals surface area contributed by atoms with Crippen LogP contribution in [0, 0.1) is 0 Å². The van der Waals surface area contributed by atoms with Gasteiger partial charge in [-0.25, -0.2) is 4.79 Å². The number of carboxylic acid groups (broad SMARTS) is 1. The van der Waals surface area contributed by atoms with Gasteiger partial charge in [-0.15, -0.1) is 0 Å². The summed E-state index contributed by atoms with van der Waals surface area (Å²) in [4.78, 5) is 11.2. The number of hydrogen-bond acceptors (Lipinski definition) is 4. The Morgan fingerprint density at radius 1 is 1.10 bits per heavy atom. The first kappa shape index (κ1) is 15.1. The molecule has 0 spiro atoms. The van der Waals surface area contributed by atoms with E-state index in [1.807, 2.05) is 0 Å². The van der Waals surface area contributed by atoms with Crippen molar-refractivity contribution >= 4 is 26.9 Å². The molecule has 2 aromatic carbocycles. The van der Waals surface area contributed by atoms with Crippen molar-refractivity contribution in [3.05, 3.63) is 42.0 Å². The molecule has 0 bridgehead atoms. The van der Waals surface area contributed by atoms with Gasteiger partial charge in [-0.1, -0.05) is 30.3 Å². The quantitative estimate of drug-likeness (QED) is 0.695. The van der Waals surface area contributed by atoms with Gasteiger partial charge in [0, 0.05) is 5.39 Å². The molecule has 0 atom stereocenters. The van der Waals surface area contributed by atoms with Gasteiger partial charge in [-0.3, -0.25) is 0 Å². The molecule has 0 aliphatic rings. The number of hydrogen-bond donors (Lipinski definition) is 1. The summed E-state index contributed by atoms with van der Waals surface area (Å²) in [6.45, 7) is 0. The standard InChI is InChI=1S/C12H7F3O5S/c13-12(14,15)21(18,19)20-9-6-5-7-3-1-2-4-8(7)10(9)11(16)17/h1-6H,(H,16,17). The molecule has 1 N–H and O–H groups in total. The van der Waals surface area contributed by atoms with Crippen molar-refractivity contribution in [3.8, 4) is 5.75 Å². The molecule has 0 aliphatic heterocycles. The summed E-state index contributed by atoms with van der Waals surface area (Å²) in [7, 11) is -5.94. The third kappa shape index (κ3) is 2.77. The molecule has 21 heavy (non-hydrogen) atoms. The first-order valence-corrected chi connectivity index (χ1v) is 6.80. The van der Waals surface area contributed by atoms with Gasteiger partial charge >= 0.3 is 21.6 Å². The summed E-state index contributed by atoms with van der Waals surface area (Å²) in [5, 5.41) is 9.60. The summed E-state index contributed by atoms with van der Waals surface area (Å²) in [6, 6.07) is 8.07. The molecular weight excluding hydrogens is 313 g/mol. The fourth-order valence-corrected chi connectivity index (χ4v) is 2.18. The van der Waals surface area contributed by atoms with E-state index in [0.29, 0.717) is 5.39 Å². The molecule has 9 heteroatoms. The third-order valence-electron chi connectivity index (χ3n) is 2.59. The molecule has 0 aliphatic carbocycles. The van der Waals surface area contributed by atoms with Crippen molar-refractivity contribution in [1.82, 2.24) is 0 Å². The Bertz CT molecular complexity index is 811. The van der Waals surface area contributed by atoms with Crippen LogP contribution in [-0.2, 0) is 10.1 Å². The summed E-state index contributed by atoms with van der Waals surface area (Å²) >= 11 is 0. The van der Waals surface area contributed by atoms with Crippen molar-refractivity contribution in [2.75, 3.05) is 0 Å². The van der Waals surface area contributed by atoms with Crippen LogP contribution >= 0.6 is 0 Å². The maximum absolute atomic E-state index is 12.3. The van der Waals surface area contributed by atoms with E-state index < -0.39 is 32.9 Å². The molecule has 0 amide bonds. The normalized spacial score (nSPS) is 12.3. The largest absolute Gasteiger partial charge is 0.534 e. The van der Waals surface area contributed by atoms with E-state index in [0.717, 1.165) is 6.07 Å². The van der Waals surface area contributed by atoms with Crippen molar-refractivity contribution in [2.45, 2.75) is 5.51 Å². The number of aromatic carboxylic acids is 1. The highest BCUT2D eigenvalue weighted by molar-refractivity contribution is 7.88. The summed E-state index contributed by atoms with van der Waals surface area (Å²) in [5.74, 6) is -2.49. The number of halogens is 3. The Kier molecular flexibility index (Phi) is 3.54. The van der Waals surface area contributed by atoms with Gasteiger partial charge in [0.25, 0.3) is 0 Å². The smallest absolute Gasteiger partial charge is 0.478 e. The highest BCUT2D eigenvalue weighted by Gasteiger charge is 2.49. The first-order valence-electron chi connectivity index (χ1n) is 5.39. The maximum Gasteiger partial charge on any atom is 0.534 e. The number of benzene rings is 2. The van der Waals surface area contributed by atoms with E-state index >= 15 is 0 Å². The van der Waals surface area contributed by atoms with Crippen LogP contribution in [0.15, 0.2) is 36.4 Å². The second kappa shape index (κ2) is 4.92. The molecule has 0 aromatic heterocycles. The highest BCUT2D eigenvalue weighted by atomic mass is 32.2. The van der Waals surface area contributed by atoms with Gasteiger partial charge in [0.15, 0.2) is 5.75 Å². The minimum atomic E-state index is -5.94. The lowest BCUT2D eigenvalue weighted by Crippen LogP contribution is -2.28. The van der Waals surface area contributed by atoms with Crippen molar-refractivity contribution < 1.29 is 35.7 Å². The van der Waals surface area contributed by atoms with E-state index in [1.54, 1.807) is 6.07 Å². The van der Waals surface area contributed by atoms with Crippen LogP contribution < -0.4 is 4.18 Å². The topological polar surface area (TPSA) is 80.7 Å². The molecule has 5 nitrogen and oxygen atoms in total. The lowest BCUT2D eigenvalue weighted by Gasteiger charge is -2.12. The van der Waals surface area contributed by atoms with Gasteiger partial charge < -0.3 is 9.29 Å². The van der Waals surface area contributed by atoms with Crippen LogP contribution in [0.1, 0.15) is 10.4 Å². The van der Waals surface area contributed by atoms with E-state index in [9.17, 15) is 26.4 Å². The summed E-state index contributed by atoms with van der Waals surface area (Å²) in [5.41, 5.74) is -6.30. The van der Waals surface area contributed by atoms with Gasteiger partial charge in [0.1, 0.15) is 5.56 Å². The van der Waals surface area contributed by atoms with E-state index in [-0.39, 0.29) is 5.39 Å². The molecule has 0 unspecified atom stereocenters. The zero-order chi connectivity index (χ0) is 15.8. The van der Waals surface area contributed by atoms with Crippen LogP contribution in [0.5, 0.6) is 5.75 Å². The van der Waals surface area contributed by atoms with Gasteiger partial charge in [-0.2, -0.15) is 21.6 Å². The zero-order valence-corrected chi connectivity index (χ0v) is 10.9. The predicted octanol–water partition coefficient (Wildman–Crippen LogP) is 2.77. The van der Waals surface area contributed by atoms with Crippen LogP contribution in [0.4, 0.5) is 13.2 Å². The van der Waals surface area contributed by atoms with Gasteiger partial charge in [-0.05, 0) is 11.5 Å². The first-order chi connectivity index (χ1) is 9.63. The minimum absolute atomic E-state index is 0.0693.